The van der Waals surface area contributed by atoms with Crippen LogP contribution in [-0.2, 0) is 11.3 Å². The van der Waals surface area contributed by atoms with Crippen molar-refractivity contribution in [2.24, 2.45) is 0 Å². The molecule has 3 rings (SSSR count). The first-order valence-electron chi connectivity index (χ1n) is 7.77. The third kappa shape index (κ3) is 2.42. The summed E-state index contributed by atoms with van der Waals surface area (Å²) in [4.78, 5) is 26.4. The molecular weight excluding hydrogens is 304 g/mol. The van der Waals surface area contributed by atoms with Gasteiger partial charge in [0.05, 0.1) is 16.7 Å². The molecule has 24 heavy (non-hydrogen) atoms. The molecule has 0 bridgehead atoms. The molecule has 0 amide bonds. The first kappa shape index (κ1) is 16.1. The molecule has 0 radical (unpaired) electrons. The highest BCUT2D eigenvalue weighted by atomic mass is 16.4. The van der Waals surface area contributed by atoms with E-state index in [2.05, 4.69) is 0 Å². The van der Waals surface area contributed by atoms with Crippen LogP contribution in [0.25, 0.3) is 21.8 Å². The van der Waals surface area contributed by atoms with Gasteiger partial charge in [-0.2, -0.15) is 0 Å². The minimum atomic E-state index is -0.936. The lowest BCUT2D eigenvalue weighted by molar-refractivity contribution is -0.137. The third-order valence-electron chi connectivity index (χ3n) is 4.30. The first-order valence-corrected chi connectivity index (χ1v) is 7.77. The number of rotatable bonds is 3. The van der Waals surface area contributed by atoms with Gasteiger partial charge in [-0.3, -0.25) is 9.59 Å². The number of aromatic nitrogens is 1. The lowest BCUT2D eigenvalue weighted by atomic mass is 10.0. The van der Waals surface area contributed by atoms with Gasteiger partial charge in [-0.25, -0.2) is 0 Å². The number of nitrogens with zero attached hydrogens (tertiary/aromatic N) is 2. The monoisotopic (exact) mass is 324 g/mol. The molecule has 1 aromatic heterocycles. The van der Waals surface area contributed by atoms with Crippen molar-refractivity contribution in [2.75, 3.05) is 19.0 Å². The fourth-order valence-electron chi connectivity index (χ4n) is 3.32. The van der Waals surface area contributed by atoms with Gasteiger partial charge in [-0.05, 0) is 43.2 Å². The van der Waals surface area contributed by atoms with Crippen LogP contribution in [0.3, 0.4) is 0 Å². The Morgan fingerprint density at radius 3 is 2.42 bits per heavy atom. The maximum atomic E-state index is 12.9. The van der Waals surface area contributed by atoms with Gasteiger partial charge in [0.2, 0.25) is 0 Å². The van der Waals surface area contributed by atoms with Gasteiger partial charge in [0.25, 0.3) is 0 Å². The van der Waals surface area contributed by atoms with Crippen LogP contribution in [0.2, 0.25) is 0 Å². The third-order valence-corrected chi connectivity index (χ3v) is 4.30. The van der Waals surface area contributed by atoms with E-state index in [0.717, 1.165) is 16.8 Å². The lowest BCUT2D eigenvalue weighted by Gasteiger charge is -2.22. The maximum absolute atomic E-state index is 12.9. The van der Waals surface area contributed by atoms with E-state index < -0.39 is 5.97 Å². The molecular formula is C19H20N2O3. The highest BCUT2D eigenvalue weighted by molar-refractivity contribution is 6.01. The molecule has 5 nitrogen and oxygen atoms in total. The van der Waals surface area contributed by atoms with Gasteiger partial charge in [0, 0.05) is 24.9 Å². The molecule has 0 unspecified atom stereocenters. The largest absolute Gasteiger partial charge is 0.480 e. The Morgan fingerprint density at radius 2 is 1.79 bits per heavy atom. The molecule has 0 aliphatic heterocycles. The second kappa shape index (κ2) is 5.67. The number of carboxylic acid groups (broad SMARTS) is 1. The van der Waals surface area contributed by atoms with Crippen LogP contribution in [0, 0.1) is 13.8 Å². The predicted molar refractivity (Wildman–Crippen MR) is 97.2 cm³/mol. The van der Waals surface area contributed by atoms with Crippen LogP contribution >= 0.6 is 0 Å². The Morgan fingerprint density at radius 1 is 1.12 bits per heavy atom. The van der Waals surface area contributed by atoms with E-state index in [4.69, 9.17) is 0 Å². The molecule has 3 aromatic rings. The Hall–Kier alpha value is -2.82. The summed E-state index contributed by atoms with van der Waals surface area (Å²) in [6.07, 6.45) is 0. The summed E-state index contributed by atoms with van der Waals surface area (Å²) < 4.78 is 1.74. The summed E-state index contributed by atoms with van der Waals surface area (Å²) >= 11 is 0. The van der Waals surface area contributed by atoms with Gasteiger partial charge in [0.15, 0.2) is 5.43 Å². The number of aliphatic carboxylic acids is 1. The molecule has 0 spiro atoms. The zero-order chi connectivity index (χ0) is 17.6. The van der Waals surface area contributed by atoms with Crippen molar-refractivity contribution < 1.29 is 9.90 Å². The smallest absolute Gasteiger partial charge is 0.323 e. The van der Waals surface area contributed by atoms with Crippen LogP contribution in [0.5, 0.6) is 0 Å². The normalized spacial score (nSPS) is 11.2. The molecule has 0 saturated heterocycles. The fraction of sp³-hybridized carbons (Fsp3) is 0.263. The SMILES string of the molecule is Cc1ccc2c(=O)c3ccc(C)c(N(C)C)c3n(CC(=O)O)c2c1. The summed E-state index contributed by atoms with van der Waals surface area (Å²) in [5, 5.41) is 10.5. The van der Waals surface area contributed by atoms with Crippen LogP contribution in [-0.4, -0.2) is 29.7 Å². The number of aryl methyl sites for hydroxylation is 2. The van der Waals surface area contributed by atoms with E-state index in [-0.39, 0.29) is 12.0 Å². The van der Waals surface area contributed by atoms with Crippen LogP contribution in [0.1, 0.15) is 11.1 Å². The van der Waals surface area contributed by atoms with Crippen molar-refractivity contribution in [2.45, 2.75) is 20.4 Å². The number of carbonyl (C=O) groups is 1. The number of carboxylic acids is 1. The second-order valence-electron chi connectivity index (χ2n) is 6.35. The van der Waals surface area contributed by atoms with Crippen LogP contribution < -0.4 is 10.3 Å². The van der Waals surface area contributed by atoms with Crippen LogP contribution in [0.4, 0.5) is 5.69 Å². The average molecular weight is 324 g/mol. The minimum Gasteiger partial charge on any atom is -0.480 e. The fourth-order valence-corrected chi connectivity index (χ4v) is 3.32. The number of fused-ring (bicyclic) bond motifs is 2. The van der Waals surface area contributed by atoms with Crippen molar-refractivity contribution in [3.05, 3.63) is 51.7 Å². The van der Waals surface area contributed by atoms with Crippen molar-refractivity contribution >= 4 is 33.5 Å². The summed E-state index contributed by atoms with van der Waals surface area (Å²) in [5.74, 6) is -0.936. The van der Waals surface area contributed by atoms with Gasteiger partial charge >= 0.3 is 5.97 Å². The molecule has 0 atom stereocenters. The molecule has 1 heterocycles. The first-order chi connectivity index (χ1) is 11.3. The van der Waals surface area contributed by atoms with Crippen molar-refractivity contribution in [1.29, 1.82) is 0 Å². The predicted octanol–water partition coefficient (Wildman–Crippen LogP) is 2.92. The molecule has 0 fully saturated rings. The van der Waals surface area contributed by atoms with E-state index in [1.165, 1.54) is 0 Å². The second-order valence-corrected chi connectivity index (χ2v) is 6.35. The lowest BCUT2D eigenvalue weighted by Crippen LogP contribution is -2.20. The Kier molecular flexibility index (Phi) is 3.79. The highest BCUT2D eigenvalue weighted by Gasteiger charge is 2.18. The van der Waals surface area contributed by atoms with Gasteiger partial charge in [-0.1, -0.05) is 12.1 Å². The number of pyridine rings is 1. The standard InChI is InChI=1S/C19H20N2O3/c1-11-5-7-13-15(9-11)21(10-16(22)23)18-14(19(13)24)8-6-12(2)17(18)20(3)4/h5-9H,10H2,1-4H3,(H,22,23). The quantitative estimate of drug-likeness (QED) is 0.753. The Balaban J connectivity index is 2.65. The number of anilines is 1. The van der Waals surface area contributed by atoms with Gasteiger partial charge < -0.3 is 14.6 Å². The van der Waals surface area contributed by atoms with Gasteiger partial charge in [0.1, 0.15) is 6.54 Å². The molecule has 5 heteroatoms. The molecule has 1 N–H and O–H groups in total. The number of hydrogen-bond donors (Lipinski definition) is 1. The summed E-state index contributed by atoms with van der Waals surface area (Å²) in [5.41, 5.74) is 4.12. The Bertz CT molecular complexity index is 1030. The van der Waals surface area contributed by atoms with E-state index in [9.17, 15) is 14.7 Å². The zero-order valence-electron chi connectivity index (χ0n) is 14.3. The summed E-state index contributed by atoms with van der Waals surface area (Å²) in [6.45, 7) is 3.70. The molecule has 0 saturated carbocycles. The van der Waals surface area contributed by atoms with Gasteiger partial charge in [-0.15, -0.1) is 0 Å². The summed E-state index contributed by atoms with van der Waals surface area (Å²) in [7, 11) is 3.80. The topological polar surface area (TPSA) is 62.5 Å². The van der Waals surface area contributed by atoms with E-state index >= 15 is 0 Å². The van der Waals surface area contributed by atoms with Crippen molar-refractivity contribution in [3.63, 3.8) is 0 Å². The molecule has 2 aromatic carbocycles. The number of benzene rings is 2. The van der Waals surface area contributed by atoms with Crippen molar-refractivity contribution in [1.82, 2.24) is 4.57 Å². The highest BCUT2D eigenvalue weighted by Crippen LogP contribution is 2.30. The minimum absolute atomic E-state index is 0.0651. The maximum Gasteiger partial charge on any atom is 0.323 e. The van der Waals surface area contributed by atoms with E-state index in [1.807, 2.05) is 51.0 Å². The van der Waals surface area contributed by atoms with Crippen LogP contribution in [0.15, 0.2) is 35.1 Å². The molecule has 124 valence electrons. The number of hydrogen-bond acceptors (Lipinski definition) is 3. The molecule has 0 aliphatic carbocycles. The summed E-state index contributed by atoms with van der Waals surface area (Å²) in [6, 6.07) is 9.23. The van der Waals surface area contributed by atoms with E-state index in [0.29, 0.717) is 21.8 Å². The molecule has 0 aliphatic rings. The van der Waals surface area contributed by atoms with E-state index in [1.54, 1.807) is 16.7 Å². The average Bonchev–Trinajstić information content (AvgIpc) is 2.50. The van der Waals surface area contributed by atoms with Crippen molar-refractivity contribution in [3.8, 4) is 0 Å². The Labute approximate surface area is 139 Å². The zero-order valence-corrected chi connectivity index (χ0v) is 14.3.